The molecule has 25 heavy (non-hydrogen) atoms. The number of non-ortho nitro benzene ring substituents is 1. The molecule has 2 aromatic carbocycles. The Balaban J connectivity index is 1.94. The van der Waals surface area contributed by atoms with Crippen LogP contribution in [-0.4, -0.2) is 16.7 Å². The number of amides is 2. The number of rotatable bonds is 4. The molecule has 0 aliphatic carbocycles. The van der Waals surface area contributed by atoms with Gasteiger partial charge in [0.05, 0.1) is 10.6 Å². The van der Waals surface area contributed by atoms with Crippen molar-refractivity contribution in [3.05, 3.63) is 73.8 Å². The van der Waals surface area contributed by atoms with Crippen LogP contribution in [0.2, 0.25) is 0 Å². The van der Waals surface area contributed by atoms with E-state index < -0.39 is 16.7 Å². The van der Waals surface area contributed by atoms with Crippen LogP contribution >= 0.6 is 27.5 Å². The average molecular weight is 423 g/mol. The van der Waals surface area contributed by atoms with Crippen molar-refractivity contribution in [1.29, 1.82) is 0 Å². The van der Waals surface area contributed by atoms with E-state index in [1.165, 1.54) is 18.2 Å². The van der Waals surface area contributed by atoms with Crippen LogP contribution in [-0.2, 0) is 9.59 Å². The van der Waals surface area contributed by atoms with Gasteiger partial charge in [-0.05, 0) is 24.3 Å². The van der Waals surface area contributed by atoms with Gasteiger partial charge in [0.1, 0.15) is 10.7 Å². The van der Waals surface area contributed by atoms with Crippen molar-refractivity contribution >= 4 is 56.4 Å². The second-order valence-electron chi connectivity index (χ2n) is 5.05. The maximum atomic E-state index is 12.6. The summed E-state index contributed by atoms with van der Waals surface area (Å²) in [6.45, 7) is 0. The van der Waals surface area contributed by atoms with Crippen LogP contribution in [0, 0.1) is 10.1 Å². The SMILES string of the molecule is O=C1C(Cl)=C(Nc2cccc(Br)c2)C(=O)N1c1cccc([N+](=O)[O-])c1. The first-order chi connectivity index (χ1) is 11.9. The summed E-state index contributed by atoms with van der Waals surface area (Å²) in [6.07, 6.45) is 0. The number of hydrogen-bond acceptors (Lipinski definition) is 5. The van der Waals surface area contributed by atoms with E-state index in [9.17, 15) is 19.7 Å². The maximum absolute atomic E-state index is 12.6. The monoisotopic (exact) mass is 421 g/mol. The molecule has 2 amide bonds. The third-order valence-corrected chi connectivity index (χ3v) is 4.26. The van der Waals surface area contributed by atoms with Crippen molar-refractivity contribution in [3.8, 4) is 0 Å². The van der Waals surface area contributed by atoms with E-state index in [1.807, 2.05) is 0 Å². The molecule has 0 spiro atoms. The molecule has 0 fully saturated rings. The zero-order valence-corrected chi connectivity index (χ0v) is 14.7. The minimum Gasteiger partial charge on any atom is -0.350 e. The van der Waals surface area contributed by atoms with Gasteiger partial charge in [-0.3, -0.25) is 19.7 Å². The molecule has 1 aliphatic heterocycles. The second kappa shape index (κ2) is 6.66. The lowest BCUT2D eigenvalue weighted by molar-refractivity contribution is -0.384. The topological polar surface area (TPSA) is 92.6 Å². The highest BCUT2D eigenvalue weighted by molar-refractivity contribution is 9.10. The molecule has 3 rings (SSSR count). The lowest BCUT2D eigenvalue weighted by Gasteiger charge is -2.14. The second-order valence-corrected chi connectivity index (χ2v) is 6.34. The summed E-state index contributed by atoms with van der Waals surface area (Å²) >= 11 is 9.33. The van der Waals surface area contributed by atoms with E-state index in [4.69, 9.17) is 11.6 Å². The average Bonchev–Trinajstić information content (AvgIpc) is 2.79. The van der Waals surface area contributed by atoms with Crippen LogP contribution in [0.5, 0.6) is 0 Å². The summed E-state index contributed by atoms with van der Waals surface area (Å²) in [6, 6.07) is 12.2. The van der Waals surface area contributed by atoms with Crippen molar-refractivity contribution in [1.82, 2.24) is 0 Å². The largest absolute Gasteiger partial charge is 0.350 e. The Morgan fingerprint density at radius 1 is 1.08 bits per heavy atom. The molecule has 0 unspecified atom stereocenters. The molecular formula is C16H9BrClN3O4. The van der Waals surface area contributed by atoms with Crippen molar-refractivity contribution in [2.24, 2.45) is 0 Å². The van der Waals surface area contributed by atoms with Gasteiger partial charge in [-0.15, -0.1) is 0 Å². The molecule has 0 saturated carbocycles. The van der Waals surface area contributed by atoms with Crippen LogP contribution in [0.3, 0.4) is 0 Å². The lowest BCUT2D eigenvalue weighted by atomic mass is 10.2. The Morgan fingerprint density at radius 3 is 2.48 bits per heavy atom. The number of carbonyl (C=O) groups is 2. The van der Waals surface area contributed by atoms with E-state index in [2.05, 4.69) is 21.2 Å². The summed E-state index contributed by atoms with van der Waals surface area (Å²) < 4.78 is 0.779. The quantitative estimate of drug-likeness (QED) is 0.460. The minimum atomic E-state index is -0.746. The van der Waals surface area contributed by atoms with Gasteiger partial charge in [0.15, 0.2) is 0 Å². The van der Waals surface area contributed by atoms with Crippen LogP contribution < -0.4 is 10.2 Å². The fourth-order valence-electron chi connectivity index (χ4n) is 2.30. The molecule has 1 N–H and O–H groups in total. The van der Waals surface area contributed by atoms with Gasteiger partial charge in [-0.2, -0.15) is 0 Å². The highest BCUT2D eigenvalue weighted by Crippen LogP contribution is 2.32. The zero-order chi connectivity index (χ0) is 18.1. The Morgan fingerprint density at radius 2 is 1.80 bits per heavy atom. The summed E-state index contributed by atoms with van der Waals surface area (Å²) in [7, 11) is 0. The van der Waals surface area contributed by atoms with Crippen LogP contribution in [0.15, 0.2) is 63.7 Å². The fourth-order valence-corrected chi connectivity index (χ4v) is 2.91. The maximum Gasteiger partial charge on any atom is 0.283 e. The van der Waals surface area contributed by atoms with Gasteiger partial charge in [-0.25, -0.2) is 4.90 Å². The van der Waals surface area contributed by atoms with E-state index in [0.717, 1.165) is 15.4 Å². The molecule has 1 heterocycles. The van der Waals surface area contributed by atoms with Crippen LogP contribution in [0.4, 0.5) is 17.1 Å². The summed E-state index contributed by atoms with van der Waals surface area (Å²) in [5.74, 6) is -1.43. The molecule has 1 aliphatic rings. The molecule has 0 saturated heterocycles. The molecule has 2 aromatic rings. The molecule has 126 valence electrons. The van der Waals surface area contributed by atoms with Crippen molar-refractivity contribution < 1.29 is 14.5 Å². The Bertz CT molecular complexity index is 944. The number of anilines is 2. The number of hydrogen-bond donors (Lipinski definition) is 1. The van der Waals surface area contributed by atoms with Gasteiger partial charge in [-0.1, -0.05) is 39.7 Å². The molecule has 0 bridgehead atoms. The third-order valence-electron chi connectivity index (χ3n) is 3.42. The van der Waals surface area contributed by atoms with Gasteiger partial charge >= 0.3 is 0 Å². The lowest BCUT2D eigenvalue weighted by Crippen LogP contribution is -2.32. The molecule has 0 radical (unpaired) electrons. The molecule has 0 atom stereocenters. The number of nitrogens with zero attached hydrogens (tertiary/aromatic N) is 2. The number of nitro groups is 1. The first kappa shape index (κ1) is 17.1. The normalized spacial score (nSPS) is 14.2. The van der Waals surface area contributed by atoms with E-state index in [0.29, 0.717) is 5.69 Å². The number of nitro benzene ring substituents is 1. The van der Waals surface area contributed by atoms with Gasteiger partial charge < -0.3 is 5.32 Å². The first-order valence-electron chi connectivity index (χ1n) is 6.94. The highest BCUT2D eigenvalue weighted by atomic mass is 79.9. The Labute approximate surface area is 155 Å². The van der Waals surface area contributed by atoms with Crippen LogP contribution in [0.25, 0.3) is 0 Å². The van der Waals surface area contributed by atoms with Gasteiger partial charge in [0.2, 0.25) is 0 Å². The molecular weight excluding hydrogens is 414 g/mol. The van der Waals surface area contributed by atoms with E-state index in [1.54, 1.807) is 24.3 Å². The third kappa shape index (κ3) is 3.26. The smallest absolute Gasteiger partial charge is 0.283 e. The number of nitrogens with one attached hydrogen (secondary N) is 1. The fraction of sp³-hybridized carbons (Fsp3) is 0. The molecule has 9 heteroatoms. The molecule has 7 nitrogen and oxygen atoms in total. The number of carbonyl (C=O) groups excluding carboxylic acids is 2. The number of imide groups is 1. The van der Waals surface area contributed by atoms with Crippen molar-refractivity contribution in [2.45, 2.75) is 0 Å². The van der Waals surface area contributed by atoms with E-state index in [-0.39, 0.29) is 22.1 Å². The number of benzene rings is 2. The predicted molar refractivity (Wildman–Crippen MR) is 96.2 cm³/mol. The Hall–Kier alpha value is -2.71. The van der Waals surface area contributed by atoms with Gasteiger partial charge in [0, 0.05) is 22.3 Å². The van der Waals surface area contributed by atoms with Gasteiger partial charge in [0.25, 0.3) is 17.5 Å². The van der Waals surface area contributed by atoms with Crippen molar-refractivity contribution in [2.75, 3.05) is 10.2 Å². The Kier molecular flexibility index (Phi) is 4.56. The first-order valence-corrected chi connectivity index (χ1v) is 8.11. The predicted octanol–water partition coefficient (Wildman–Crippen LogP) is 3.79. The van der Waals surface area contributed by atoms with E-state index >= 15 is 0 Å². The highest BCUT2D eigenvalue weighted by Gasteiger charge is 2.39. The summed E-state index contributed by atoms with van der Waals surface area (Å²) in [5.41, 5.74) is 0.317. The standard InChI is InChI=1S/C16H9BrClN3O4/c17-9-3-1-4-10(7-9)19-14-13(18)15(22)20(16(14)23)11-5-2-6-12(8-11)21(24)25/h1-8,19H. The number of halogens is 2. The zero-order valence-electron chi connectivity index (χ0n) is 12.4. The summed E-state index contributed by atoms with van der Waals surface area (Å²) in [5, 5.41) is 13.4. The van der Waals surface area contributed by atoms with Crippen LogP contribution in [0.1, 0.15) is 0 Å². The minimum absolute atomic E-state index is 0.0772. The van der Waals surface area contributed by atoms with Crippen molar-refractivity contribution in [3.63, 3.8) is 0 Å². The molecule has 0 aromatic heterocycles. The summed E-state index contributed by atoms with van der Waals surface area (Å²) in [4.78, 5) is 36.1.